The van der Waals surface area contributed by atoms with E-state index in [-0.39, 0.29) is 15.5 Å². The first-order chi connectivity index (χ1) is 12.3. The Morgan fingerprint density at radius 3 is 2.46 bits per heavy atom. The Hall–Kier alpha value is -2.98. The number of halogens is 1. The number of nitrogens with zero attached hydrogens (tertiary/aromatic N) is 1. The number of hydrogen-bond acceptors (Lipinski definition) is 6. The minimum atomic E-state index is -3.99. The largest absolute Gasteiger partial charge is 0.507 e. The van der Waals surface area contributed by atoms with Crippen LogP contribution in [0, 0.1) is 5.82 Å². The Balaban J connectivity index is 1.86. The molecule has 0 unspecified atom stereocenters. The van der Waals surface area contributed by atoms with E-state index in [4.69, 9.17) is 5.11 Å². The van der Waals surface area contributed by atoms with Crippen LogP contribution in [0.25, 0.3) is 10.6 Å². The van der Waals surface area contributed by atoms with Crippen LogP contribution in [0.5, 0.6) is 5.75 Å². The second-order valence-electron chi connectivity index (χ2n) is 5.13. The zero-order valence-electron chi connectivity index (χ0n) is 12.9. The summed E-state index contributed by atoms with van der Waals surface area (Å²) in [6.07, 6.45) is 1.16. The van der Waals surface area contributed by atoms with Gasteiger partial charge in [0.15, 0.2) is 4.21 Å². The van der Waals surface area contributed by atoms with Gasteiger partial charge in [-0.25, -0.2) is 22.6 Å². The van der Waals surface area contributed by atoms with Crippen molar-refractivity contribution in [1.29, 1.82) is 0 Å². The van der Waals surface area contributed by atoms with E-state index in [1.54, 1.807) is 0 Å². The average molecular weight is 394 g/mol. The second-order valence-corrected chi connectivity index (χ2v) is 8.07. The molecule has 3 aromatic rings. The van der Waals surface area contributed by atoms with E-state index in [2.05, 4.69) is 9.71 Å². The molecule has 3 N–H and O–H groups in total. The predicted octanol–water partition coefficient (Wildman–Crippen LogP) is 3.15. The number of carboxylic acids is 1. The number of phenols is 1. The minimum absolute atomic E-state index is 0.00392. The lowest BCUT2D eigenvalue weighted by atomic mass is 10.2. The summed E-state index contributed by atoms with van der Waals surface area (Å²) in [5, 5.41) is 18.9. The van der Waals surface area contributed by atoms with Crippen molar-refractivity contribution in [2.24, 2.45) is 0 Å². The van der Waals surface area contributed by atoms with Gasteiger partial charge in [0.1, 0.15) is 22.1 Å². The molecule has 0 bridgehead atoms. The molecule has 0 spiro atoms. The van der Waals surface area contributed by atoms with Crippen molar-refractivity contribution in [2.45, 2.75) is 4.21 Å². The summed E-state index contributed by atoms with van der Waals surface area (Å²) in [5.74, 6) is -2.30. The lowest BCUT2D eigenvalue weighted by Gasteiger charge is -2.07. The van der Waals surface area contributed by atoms with E-state index in [0.29, 0.717) is 10.6 Å². The number of thiazole rings is 1. The van der Waals surface area contributed by atoms with Gasteiger partial charge >= 0.3 is 5.97 Å². The summed E-state index contributed by atoms with van der Waals surface area (Å²) >= 11 is 0.890. The Morgan fingerprint density at radius 2 is 1.85 bits per heavy atom. The van der Waals surface area contributed by atoms with E-state index in [1.807, 2.05) is 0 Å². The highest BCUT2D eigenvalue weighted by molar-refractivity contribution is 7.94. The quantitative estimate of drug-likeness (QED) is 0.612. The Bertz CT molecular complexity index is 1080. The number of aromatic carboxylic acids is 1. The van der Waals surface area contributed by atoms with Crippen molar-refractivity contribution in [3.8, 4) is 16.3 Å². The molecule has 1 aromatic heterocycles. The standard InChI is InChI=1S/C16H11FN2O5S2/c17-10-3-1-9(2-4-10)15-18-8-14(25-15)26(23,24)19-11-5-6-12(16(21)22)13(20)7-11/h1-8,19-20H,(H,21,22). The Labute approximate surface area is 151 Å². The molecular formula is C16H11FN2O5S2. The topological polar surface area (TPSA) is 117 Å². The maximum Gasteiger partial charge on any atom is 0.339 e. The smallest absolute Gasteiger partial charge is 0.339 e. The van der Waals surface area contributed by atoms with E-state index >= 15 is 0 Å². The zero-order chi connectivity index (χ0) is 18.9. The van der Waals surface area contributed by atoms with Gasteiger partial charge in [-0.2, -0.15) is 0 Å². The molecule has 2 aromatic carbocycles. The predicted molar refractivity (Wildman–Crippen MR) is 93.4 cm³/mol. The first kappa shape index (κ1) is 17.8. The monoisotopic (exact) mass is 394 g/mol. The first-order valence-electron chi connectivity index (χ1n) is 7.07. The van der Waals surface area contributed by atoms with Gasteiger partial charge in [-0.3, -0.25) is 4.72 Å². The van der Waals surface area contributed by atoms with E-state index in [9.17, 15) is 22.7 Å². The van der Waals surface area contributed by atoms with Crippen molar-refractivity contribution in [2.75, 3.05) is 4.72 Å². The van der Waals surface area contributed by atoms with Crippen LogP contribution in [-0.4, -0.2) is 29.6 Å². The molecular weight excluding hydrogens is 383 g/mol. The zero-order valence-corrected chi connectivity index (χ0v) is 14.5. The first-order valence-corrected chi connectivity index (χ1v) is 9.37. The van der Waals surface area contributed by atoms with Gasteiger partial charge < -0.3 is 10.2 Å². The molecule has 0 atom stereocenters. The maximum atomic E-state index is 13.0. The molecule has 0 amide bonds. The number of benzene rings is 2. The number of aromatic nitrogens is 1. The number of aromatic hydroxyl groups is 1. The normalized spacial score (nSPS) is 11.3. The summed E-state index contributed by atoms with van der Waals surface area (Å²) in [7, 11) is -3.99. The van der Waals surface area contributed by atoms with Gasteiger partial charge in [0.25, 0.3) is 10.0 Å². The summed E-state index contributed by atoms with van der Waals surface area (Å²) < 4.78 is 40.0. The van der Waals surface area contributed by atoms with Crippen LogP contribution in [0.4, 0.5) is 10.1 Å². The fourth-order valence-corrected chi connectivity index (χ4v) is 4.28. The van der Waals surface area contributed by atoms with E-state index in [0.717, 1.165) is 29.7 Å². The third-order valence-electron chi connectivity index (χ3n) is 3.32. The Kier molecular flexibility index (Phi) is 4.62. The van der Waals surface area contributed by atoms with Crippen molar-refractivity contribution < 1.29 is 27.8 Å². The number of carboxylic acid groups (broad SMARTS) is 1. The third kappa shape index (κ3) is 3.65. The molecule has 0 saturated carbocycles. The summed E-state index contributed by atoms with van der Waals surface area (Å²) in [6.45, 7) is 0. The number of anilines is 1. The van der Waals surface area contributed by atoms with Crippen molar-refractivity contribution >= 4 is 33.0 Å². The molecule has 10 heteroatoms. The maximum absolute atomic E-state index is 13.0. The molecule has 7 nitrogen and oxygen atoms in total. The fourth-order valence-electron chi connectivity index (χ4n) is 2.09. The van der Waals surface area contributed by atoms with Crippen LogP contribution in [0.15, 0.2) is 52.9 Å². The number of carbonyl (C=O) groups is 1. The SMILES string of the molecule is O=C(O)c1ccc(NS(=O)(=O)c2cnc(-c3ccc(F)cc3)s2)cc1O. The van der Waals surface area contributed by atoms with Gasteiger partial charge in [-0.15, -0.1) is 11.3 Å². The number of sulfonamides is 1. The van der Waals surface area contributed by atoms with Crippen molar-refractivity contribution in [3.05, 3.63) is 60.0 Å². The molecule has 1 heterocycles. The molecule has 0 saturated heterocycles. The molecule has 26 heavy (non-hydrogen) atoms. The molecule has 0 aliphatic rings. The summed E-state index contributed by atoms with van der Waals surface area (Å²) in [4.78, 5) is 14.9. The minimum Gasteiger partial charge on any atom is -0.507 e. The number of hydrogen-bond donors (Lipinski definition) is 3. The van der Waals surface area contributed by atoms with Crippen molar-refractivity contribution in [1.82, 2.24) is 4.98 Å². The summed E-state index contributed by atoms with van der Waals surface area (Å²) in [5.41, 5.74) is 0.231. The highest BCUT2D eigenvalue weighted by atomic mass is 32.2. The molecule has 3 rings (SSSR count). The molecule has 0 aliphatic heterocycles. The molecule has 0 fully saturated rings. The highest BCUT2D eigenvalue weighted by Crippen LogP contribution is 2.30. The van der Waals surface area contributed by atoms with Crippen LogP contribution >= 0.6 is 11.3 Å². The van der Waals surface area contributed by atoms with E-state index < -0.39 is 27.6 Å². The van der Waals surface area contributed by atoms with Crippen molar-refractivity contribution in [3.63, 3.8) is 0 Å². The Morgan fingerprint density at radius 1 is 1.15 bits per heavy atom. The lowest BCUT2D eigenvalue weighted by molar-refractivity contribution is 0.0694. The van der Waals surface area contributed by atoms with Crippen LogP contribution in [-0.2, 0) is 10.0 Å². The van der Waals surface area contributed by atoms with Crippen LogP contribution < -0.4 is 4.72 Å². The van der Waals surface area contributed by atoms with Gasteiger partial charge in [0.05, 0.1) is 11.9 Å². The van der Waals surface area contributed by atoms with E-state index in [1.165, 1.54) is 30.3 Å². The molecule has 134 valence electrons. The lowest BCUT2D eigenvalue weighted by Crippen LogP contribution is -2.11. The van der Waals surface area contributed by atoms with Crippen LogP contribution in [0.2, 0.25) is 0 Å². The summed E-state index contributed by atoms with van der Waals surface area (Å²) in [6, 6.07) is 8.78. The third-order valence-corrected chi connectivity index (χ3v) is 6.21. The average Bonchev–Trinajstić information content (AvgIpc) is 3.06. The fraction of sp³-hybridized carbons (Fsp3) is 0. The van der Waals surface area contributed by atoms with Gasteiger partial charge in [0.2, 0.25) is 0 Å². The van der Waals surface area contributed by atoms with Gasteiger partial charge in [0, 0.05) is 11.6 Å². The second kappa shape index (κ2) is 6.73. The van der Waals surface area contributed by atoms with Gasteiger partial charge in [-0.05, 0) is 36.4 Å². The molecule has 0 aliphatic carbocycles. The molecule has 0 radical (unpaired) electrons. The van der Waals surface area contributed by atoms with Crippen LogP contribution in [0.3, 0.4) is 0 Å². The van der Waals surface area contributed by atoms with Crippen LogP contribution in [0.1, 0.15) is 10.4 Å². The number of nitrogens with one attached hydrogen (secondary N) is 1. The highest BCUT2D eigenvalue weighted by Gasteiger charge is 2.20. The van der Waals surface area contributed by atoms with Gasteiger partial charge in [-0.1, -0.05) is 0 Å². The number of rotatable bonds is 5.